The van der Waals surface area contributed by atoms with Crippen LogP contribution in [0.1, 0.15) is 35.8 Å². The van der Waals surface area contributed by atoms with Crippen LogP contribution in [0, 0.1) is 6.92 Å². The van der Waals surface area contributed by atoms with Crippen molar-refractivity contribution in [3.05, 3.63) is 60.2 Å². The number of aromatic nitrogens is 4. The molecule has 4 heterocycles. The van der Waals surface area contributed by atoms with Gasteiger partial charge in [0.05, 0.1) is 18.1 Å². The molecule has 6 nitrogen and oxygen atoms in total. The Labute approximate surface area is 146 Å². The number of hydrogen-bond acceptors (Lipinski definition) is 4. The maximum Gasteiger partial charge on any atom is 0.227 e. The fraction of sp³-hybridized carbons (Fsp3) is 0.368. The highest BCUT2D eigenvalue weighted by molar-refractivity contribution is 5.78. The number of nitrogens with zero attached hydrogens (tertiary/aromatic N) is 5. The molecule has 1 aliphatic rings. The fourth-order valence-electron chi connectivity index (χ4n) is 3.55. The molecular formula is C19H21N5O. The smallest absolute Gasteiger partial charge is 0.227 e. The topological polar surface area (TPSA) is 63.4 Å². The van der Waals surface area contributed by atoms with Crippen molar-refractivity contribution < 1.29 is 4.79 Å². The predicted molar refractivity (Wildman–Crippen MR) is 94.2 cm³/mol. The average Bonchev–Trinajstić information content (AvgIpc) is 3.12. The second kappa shape index (κ2) is 6.63. The van der Waals surface area contributed by atoms with Crippen molar-refractivity contribution >= 4 is 11.4 Å². The lowest BCUT2D eigenvalue weighted by molar-refractivity contribution is -0.131. The highest BCUT2D eigenvalue weighted by Gasteiger charge is 2.26. The fourth-order valence-corrected chi connectivity index (χ4v) is 3.55. The van der Waals surface area contributed by atoms with E-state index in [-0.39, 0.29) is 11.8 Å². The first-order valence-corrected chi connectivity index (χ1v) is 8.67. The van der Waals surface area contributed by atoms with Gasteiger partial charge in [-0.3, -0.25) is 14.2 Å². The minimum Gasteiger partial charge on any atom is -0.342 e. The highest BCUT2D eigenvalue weighted by atomic mass is 16.2. The zero-order valence-electron chi connectivity index (χ0n) is 14.3. The van der Waals surface area contributed by atoms with E-state index in [0.29, 0.717) is 6.42 Å². The lowest BCUT2D eigenvalue weighted by Gasteiger charge is -2.32. The summed E-state index contributed by atoms with van der Waals surface area (Å²) in [4.78, 5) is 27.6. The van der Waals surface area contributed by atoms with Crippen LogP contribution in [0.3, 0.4) is 0 Å². The maximum absolute atomic E-state index is 12.6. The summed E-state index contributed by atoms with van der Waals surface area (Å²) < 4.78 is 1.98. The molecule has 4 rings (SSSR count). The molecule has 128 valence electrons. The molecule has 0 aliphatic carbocycles. The van der Waals surface area contributed by atoms with Crippen molar-refractivity contribution in [1.29, 1.82) is 0 Å². The number of carbonyl (C=O) groups is 1. The van der Waals surface area contributed by atoms with Gasteiger partial charge in [0.1, 0.15) is 12.2 Å². The van der Waals surface area contributed by atoms with Gasteiger partial charge in [-0.2, -0.15) is 0 Å². The number of carbonyl (C=O) groups excluding carboxylic acids is 1. The lowest BCUT2D eigenvalue weighted by Crippen LogP contribution is -2.40. The second-order valence-corrected chi connectivity index (χ2v) is 6.63. The van der Waals surface area contributed by atoms with Crippen molar-refractivity contribution in [2.24, 2.45) is 0 Å². The van der Waals surface area contributed by atoms with Crippen LogP contribution in [0.15, 0.2) is 43.1 Å². The van der Waals surface area contributed by atoms with Gasteiger partial charge in [-0.1, -0.05) is 6.07 Å². The zero-order chi connectivity index (χ0) is 17.2. The maximum atomic E-state index is 12.6. The molecule has 1 aliphatic heterocycles. The first-order valence-electron chi connectivity index (χ1n) is 8.67. The van der Waals surface area contributed by atoms with E-state index in [1.807, 2.05) is 34.6 Å². The second-order valence-electron chi connectivity index (χ2n) is 6.63. The summed E-state index contributed by atoms with van der Waals surface area (Å²) in [5, 5.41) is 0. The number of likely N-dealkylation sites (tertiary alicyclic amines) is 1. The zero-order valence-corrected chi connectivity index (χ0v) is 14.3. The molecule has 1 atom stereocenters. The molecule has 0 aromatic carbocycles. The summed E-state index contributed by atoms with van der Waals surface area (Å²) >= 11 is 0. The molecule has 1 unspecified atom stereocenters. The van der Waals surface area contributed by atoms with Gasteiger partial charge in [-0.25, -0.2) is 9.97 Å². The van der Waals surface area contributed by atoms with Crippen LogP contribution >= 0.6 is 0 Å². The molecule has 0 N–H and O–H groups in total. The molecule has 0 radical (unpaired) electrons. The summed E-state index contributed by atoms with van der Waals surface area (Å²) in [6, 6.07) is 5.92. The molecular weight excluding hydrogens is 314 g/mol. The van der Waals surface area contributed by atoms with Crippen LogP contribution in [-0.4, -0.2) is 43.2 Å². The normalized spacial score (nSPS) is 17.8. The minimum absolute atomic E-state index is 0.167. The summed E-state index contributed by atoms with van der Waals surface area (Å²) in [5.41, 5.74) is 3.08. The van der Waals surface area contributed by atoms with E-state index in [1.165, 1.54) is 0 Å². The van der Waals surface area contributed by atoms with E-state index in [1.54, 1.807) is 18.7 Å². The van der Waals surface area contributed by atoms with E-state index in [0.717, 1.165) is 48.5 Å². The molecule has 3 aromatic heterocycles. The third-order valence-corrected chi connectivity index (χ3v) is 4.87. The van der Waals surface area contributed by atoms with Gasteiger partial charge in [0.25, 0.3) is 0 Å². The Morgan fingerprint density at radius 2 is 2.24 bits per heavy atom. The van der Waals surface area contributed by atoms with E-state index in [9.17, 15) is 4.79 Å². The number of imidazole rings is 1. The Morgan fingerprint density at radius 3 is 3.08 bits per heavy atom. The van der Waals surface area contributed by atoms with Crippen molar-refractivity contribution in [2.45, 2.75) is 32.1 Å². The first kappa shape index (κ1) is 15.7. The molecule has 3 aromatic rings. The Kier molecular flexibility index (Phi) is 4.17. The molecule has 0 spiro atoms. The lowest BCUT2D eigenvalue weighted by atomic mass is 9.94. The van der Waals surface area contributed by atoms with Crippen molar-refractivity contribution in [3.8, 4) is 0 Å². The van der Waals surface area contributed by atoms with Crippen molar-refractivity contribution in [2.75, 3.05) is 13.1 Å². The Bertz CT molecular complexity index is 889. The van der Waals surface area contributed by atoms with Crippen LogP contribution < -0.4 is 0 Å². The van der Waals surface area contributed by atoms with Crippen LogP contribution in [0.2, 0.25) is 0 Å². The van der Waals surface area contributed by atoms with Crippen LogP contribution in [0.4, 0.5) is 0 Å². The summed E-state index contributed by atoms with van der Waals surface area (Å²) in [6.07, 6.45) is 9.61. The van der Waals surface area contributed by atoms with Gasteiger partial charge in [0.15, 0.2) is 0 Å². The molecule has 0 bridgehead atoms. The van der Waals surface area contributed by atoms with Crippen LogP contribution in [-0.2, 0) is 11.2 Å². The molecule has 6 heteroatoms. The first-order chi connectivity index (χ1) is 12.2. The molecule has 1 fully saturated rings. The highest BCUT2D eigenvalue weighted by Crippen LogP contribution is 2.27. The molecule has 1 saturated heterocycles. The minimum atomic E-state index is 0.167. The SMILES string of the molecule is Cc1nc(C2CCCN(C(=O)Cc3cccnc3)C2)cc2cncn12. The van der Waals surface area contributed by atoms with Gasteiger partial charge in [-0.05, 0) is 37.5 Å². The number of amides is 1. The Morgan fingerprint density at radius 1 is 1.32 bits per heavy atom. The Hall–Kier alpha value is -2.76. The quantitative estimate of drug-likeness (QED) is 0.737. The Balaban J connectivity index is 1.51. The molecule has 1 amide bonds. The number of rotatable bonds is 3. The van der Waals surface area contributed by atoms with E-state index >= 15 is 0 Å². The van der Waals surface area contributed by atoms with E-state index in [4.69, 9.17) is 4.98 Å². The predicted octanol–water partition coefficient (Wildman–Crippen LogP) is 2.38. The van der Waals surface area contributed by atoms with Crippen LogP contribution in [0.5, 0.6) is 0 Å². The van der Waals surface area contributed by atoms with Gasteiger partial charge < -0.3 is 4.90 Å². The van der Waals surface area contributed by atoms with Gasteiger partial charge in [0.2, 0.25) is 5.91 Å². The van der Waals surface area contributed by atoms with Crippen LogP contribution in [0.25, 0.3) is 5.52 Å². The monoisotopic (exact) mass is 335 g/mol. The summed E-state index contributed by atoms with van der Waals surface area (Å²) in [6.45, 7) is 3.55. The summed E-state index contributed by atoms with van der Waals surface area (Å²) in [5.74, 6) is 1.38. The largest absolute Gasteiger partial charge is 0.342 e. The number of piperidine rings is 1. The number of fused-ring (bicyclic) bond motifs is 1. The number of pyridine rings is 1. The van der Waals surface area contributed by atoms with Gasteiger partial charge in [-0.15, -0.1) is 0 Å². The van der Waals surface area contributed by atoms with Gasteiger partial charge >= 0.3 is 0 Å². The van der Waals surface area contributed by atoms with E-state index in [2.05, 4.69) is 16.0 Å². The third kappa shape index (κ3) is 3.24. The average molecular weight is 335 g/mol. The summed E-state index contributed by atoms with van der Waals surface area (Å²) in [7, 11) is 0. The third-order valence-electron chi connectivity index (χ3n) is 4.87. The molecule has 25 heavy (non-hydrogen) atoms. The number of hydrogen-bond donors (Lipinski definition) is 0. The number of aryl methyl sites for hydroxylation is 1. The standard InChI is InChI=1S/C19H21N5O/c1-14-22-18(9-17-11-21-13-24(14)17)16-5-3-7-23(12-16)19(25)8-15-4-2-6-20-10-15/h2,4,6,9-11,13,16H,3,5,7-8,12H2,1H3. The van der Waals surface area contributed by atoms with Crippen molar-refractivity contribution in [1.82, 2.24) is 24.3 Å². The molecule has 0 saturated carbocycles. The van der Waals surface area contributed by atoms with Crippen molar-refractivity contribution in [3.63, 3.8) is 0 Å². The van der Waals surface area contributed by atoms with Gasteiger partial charge in [0, 0.05) is 37.1 Å². The van der Waals surface area contributed by atoms with E-state index < -0.39 is 0 Å².